The van der Waals surface area contributed by atoms with Crippen LogP contribution in [-0.4, -0.2) is 45.3 Å². The van der Waals surface area contributed by atoms with Gasteiger partial charge in [-0.25, -0.2) is 10.1 Å². The molecule has 3 rings (SSSR count). The van der Waals surface area contributed by atoms with Crippen molar-refractivity contribution in [2.75, 3.05) is 34.8 Å². The van der Waals surface area contributed by atoms with Crippen LogP contribution in [0.3, 0.4) is 0 Å². The van der Waals surface area contributed by atoms with E-state index in [1.165, 1.54) is 11.6 Å². The molecule has 0 saturated carbocycles. The predicted molar refractivity (Wildman–Crippen MR) is 129 cm³/mol. The standard InChI is InChI=1S/C21H24N8O3S/c1-13(15-6-4-9-18(10-15)32-3)25-26-20-27-28-21(29(20)22)33-12-19(31)24-17-8-5-7-16(11-17)23-14(2)30/h4-11H,12,22H2,1-3H3,(H,23,30)(H,24,31)(H,26,27)/b25-13+. The number of aromatic nitrogens is 3. The minimum absolute atomic E-state index is 0.0613. The summed E-state index contributed by atoms with van der Waals surface area (Å²) in [6.45, 7) is 3.25. The topological polar surface area (TPSA) is 149 Å². The summed E-state index contributed by atoms with van der Waals surface area (Å²) in [6, 6.07) is 14.3. The van der Waals surface area contributed by atoms with E-state index in [4.69, 9.17) is 10.6 Å². The largest absolute Gasteiger partial charge is 0.497 e. The summed E-state index contributed by atoms with van der Waals surface area (Å²) in [5.74, 6) is 6.59. The molecule has 0 fully saturated rings. The van der Waals surface area contributed by atoms with Gasteiger partial charge in [0.2, 0.25) is 17.0 Å². The van der Waals surface area contributed by atoms with Gasteiger partial charge in [0.1, 0.15) is 5.75 Å². The number of ether oxygens (including phenoxy) is 1. The third-order valence-corrected chi connectivity index (χ3v) is 5.22. The van der Waals surface area contributed by atoms with E-state index >= 15 is 0 Å². The van der Waals surface area contributed by atoms with Crippen LogP contribution in [0.5, 0.6) is 5.75 Å². The zero-order valence-corrected chi connectivity index (χ0v) is 19.1. The van der Waals surface area contributed by atoms with Crippen molar-refractivity contribution in [3.05, 3.63) is 54.1 Å². The fraction of sp³-hybridized carbons (Fsp3) is 0.190. The van der Waals surface area contributed by atoms with Gasteiger partial charge in [-0.3, -0.25) is 9.59 Å². The van der Waals surface area contributed by atoms with E-state index in [0.717, 1.165) is 23.1 Å². The van der Waals surface area contributed by atoms with Crippen molar-refractivity contribution >= 4 is 46.6 Å². The molecule has 0 aliphatic heterocycles. The first-order chi connectivity index (χ1) is 15.9. The Balaban J connectivity index is 1.56. The zero-order valence-electron chi connectivity index (χ0n) is 18.3. The minimum atomic E-state index is -0.260. The molecule has 33 heavy (non-hydrogen) atoms. The molecule has 0 atom stereocenters. The Morgan fingerprint density at radius 2 is 1.82 bits per heavy atom. The summed E-state index contributed by atoms with van der Waals surface area (Å²) >= 11 is 1.12. The Bertz CT molecular complexity index is 1180. The normalized spacial score (nSPS) is 11.1. The monoisotopic (exact) mass is 468 g/mol. The first kappa shape index (κ1) is 23.6. The second-order valence-corrected chi connectivity index (χ2v) is 7.76. The van der Waals surface area contributed by atoms with Gasteiger partial charge < -0.3 is 21.2 Å². The number of rotatable bonds is 9. The van der Waals surface area contributed by atoms with Crippen molar-refractivity contribution in [2.45, 2.75) is 19.0 Å². The summed E-state index contributed by atoms with van der Waals surface area (Å²) in [6.07, 6.45) is 0. The third-order valence-electron chi connectivity index (χ3n) is 4.27. The number of carbonyl (C=O) groups excluding carboxylic acids is 2. The molecule has 0 aliphatic rings. The number of benzene rings is 2. The van der Waals surface area contributed by atoms with Crippen LogP contribution in [-0.2, 0) is 9.59 Å². The van der Waals surface area contributed by atoms with Crippen molar-refractivity contribution in [3.63, 3.8) is 0 Å². The lowest BCUT2D eigenvalue weighted by Gasteiger charge is -2.08. The second-order valence-electron chi connectivity index (χ2n) is 6.82. The Hall–Kier alpha value is -4.06. The Morgan fingerprint density at radius 3 is 2.55 bits per heavy atom. The van der Waals surface area contributed by atoms with E-state index in [1.807, 2.05) is 31.2 Å². The van der Waals surface area contributed by atoms with Crippen molar-refractivity contribution in [1.82, 2.24) is 14.9 Å². The van der Waals surface area contributed by atoms with Gasteiger partial charge in [0, 0.05) is 23.9 Å². The highest BCUT2D eigenvalue weighted by atomic mass is 32.2. The smallest absolute Gasteiger partial charge is 0.264 e. The molecule has 2 aromatic carbocycles. The van der Waals surface area contributed by atoms with Crippen LogP contribution in [0.2, 0.25) is 0 Å². The van der Waals surface area contributed by atoms with Crippen LogP contribution in [0.25, 0.3) is 0 Å². The molecule has 12 heteroatoms. The number of carbonyl (C=O) groups is 2. The number of nitrogen functional groups attached to an aromatic ring is 1. The minimum Gasteiger partial charge on any atom is -0.497 e. The highest BCUT2D eigenvalue weighted by Crippen LogP contribution is 2.19. The second kappa shape index (κ2) is 11.0. The fourth-order valence-electron chi connectivity index (χ4n) is 2.70. The SMILES string of the molecule is COc1cccc(/C(C)=N/Nc2nnc(SCC(=O)Nc3cccc(NC(C)=O)c3)n2N)c1. The summed E-state index contributed by atoms with van der Waals surface area (Å²) in [7, 11) is 1.60. The zero-order chi connectivity index (χ0) is 23.8. The number of amides is 2. The van der Waals surface area contributed by atoms with Crippen LogP contribution < -0.4 is 26.6 Å². The molecule has 3 aromatic rings. The molecule has 0 saturated heterocycles. The Labute approximate surface area is 194 Å². The number of hydrogen-bond donors (Lipinski definition) is 4. The molecular formula is C21H24N8O3S. The van der Waals surface area contributed by atoms with Crippen LogP contribution >= 0.6 is 11.8 Å². The first-order valence-electron chi connectivity index (χ1n) is 9.81. The lowest BCUT2D eigenvalue weighted by molar-refractivity contribution is -0.114. The number of nitrogens with one attached hydrogen (secondary N) is 3. The third kappa shape index (κ3) is 6.71. The van der Waals surface area contributed by atoms with E-state index in [9.17, 15) is 9.59 Å². The van der Waals surface area contributed by atoms with Crippen LogP contribution in [0.4, 0.5) is 17.3 Å². The number of nitrogens with two attached hydrogens (primary N) is 1. The lowest BCUT2D eigenvalue weighted by atomic mass is 10.1. The van der Waals surface area contributed by atoms with Gasteiger partial charge in [-0.1, -0.05) is 30.0 Å². The number of anilines is 3. The average Bonchev–Trinajstić information content (AvgIpc) is 3.15. The van der Waals surface area contributed by atoms with Crippen LogP contribution in [0, 0.1) is 0 Å². The van der Waals surface area contributed by atoms with Gasteiger partial charge in [0.05, 0.1) is 18.6 Å². The molecule has 172 valence electrons. The van der Waals surface area contributed by atoms with Crippen molar-refractivity contribution in [3.8, 4) is 5.75 Å². The molecule has 2 amide bonds. The van der Waals surface area contributed by atoms with E-state index in [2.05, 4.69) is 31.4 Å². The highest BCUT2D eigenvalue weighted by molar-refractivity contribution is 7.99. The maximum Gasteiger partial charge on any atom is 0.264 e. The summed E-state index contributed by atoms with van der Waals surface area (Å²) in [4.78, 5) is 23.5. The number of methoxy groups -OCH3 is 1. The molecule has 0 radical (unpaired) electrons. The molecule has 5 N–H and O–H groups in total. The number of thioether (sulfide) groups is 1. The summed E-state index contributed by atoms with van der Waals surface area (Å²) in [5, 5.41) is 18.0. The maximum atomic E-state index is 12.3. The Kier molecular flexibility index (Phi) is 7.86. The van der Waals surface area contributed by atoms with Gasteiger partial charge in [-0.05, 0) is 37.3 Å². The molecule has 0 unspecified atom stereocenters. The van der Waals surface area contributed by atoms with Gasteiger partial charge in [-0.15, -0.1) is 10.2 Å². The van der Waals surface area contributed by atoms with Gasteiger partial charge in [0.25, 0.3) is 5.95 Å². The molecule has 1 heterocycles. The lowest BCUT2D eigenvalue weighted by Crippen LogP contribution is -2.17. The molecule has 1 aromatic heterocycles. The molecule has 0 spiro atoms. The van der Waals surface area contributed by atoms with Gasteiger partial charge in [-0.2, -0.15) is 5.10 Å². The van der Waals surface area contributed by atoms with E-state index in [-0.39, 0.29) is 23.5 Å². The van der Waals surface area contributed by atoms with Gasteiger partial charge >= 0.3 is 0 Å². The number of nitrogens with zero attached hydrogens (tertiary/aromatic N) is 4. The average molecular weight is 469 g/mol. The molecule has 11 nitrogen and oxygen atoms in total. The quantitative estimate of drug-likeness (QED) is 0.162. The molecule has 0 bridgehead atoms. The van der Waals surface area contributed by atoms with Crippen LogP contribution in [0.15, 0.2) is 58.8 Å². The van der Waals surface area contributed by atoms with E-state index in [0.29, 0.717) is 22.2 Å². The molecule has 0 aliphatic carbocycles. The highest BCUT2D eigenvalue weighted by Gasteiger charge is 2.13. The van der Waals surface area contributed by atoms with Crippen molar-refractivity contribution < 1.29 is 14.3 Å². The summed E-state index contributed by atoms with van der Waals surface area (Å²) in [5.41, 5.74) is 5.51. The maximum absolute atomic E-state index is 12.3. The fourth-order valence-corrected chi connectivity index (χ4v) is 3.36. The number of hydrazone groups is 1. The van der Waals surface area contributed by atoms with Crippen molar-refractivity contribution in [1.29, 1.82) is 0 Å². The van der Waals surface area contributed by atoms with Crippen molar-refractivity contribution in [2.24, 2.45) is 5.10 Å². The number of hydrogen-bond acceptors (Lipinski definition) is 9. The first-order valence-corrected chi connectivity index (χ1v) is 10.8. The predicted octanol–water partition coefficient (Wildman–Crippen LogP) is 2.53. The summed E-state index contributed by atoms with van der Waals surface area (Å²) < 4.78 is 6.44. The van der Waals surface area contributed by atoms with Gasteiger partial charge in [0.15, 0.2) is 0 Å². The molecular weight excluding hydrogens is 444 g/mol. The van der Waals surface area contributed by atoms with Crippen LogP contribution in [0.1, 0.15) is 19.4 Å². The van der Waals surface area contributed by atoms with E-state index < -0.39 is 0 Å². The Morgan fingerprint density at radius 1 is 1.09 bits per heavy atom. The van der Waals surface area contributed by atoms with E-state index in [1.54, 1.807) is 31.4 Å².